The van der Waals surface area contributed by atoms with Crippen LogP contribution in [-0.4, -0.2) is 39.4 Å². The summed E-state index contributed by atoms with van der Waals surface area (Å²) in [6.07, 6.45) is 6.63. The van der Waals surface area contributed by atoms with Crippen LogP contribution in [0.25, 0.3) is 0 Å². The number of rotatable bonds is 7. The van der Waals surface area contributed by atoms with Gasteiger partial charge in [-0.2, -0.15) is 0 Å². The van der Waals surface area contributed by atoms with E-state index in [1.54, 1.807) is 0 Å². The van der Waals surface area contributed by atoms with E-state index in [4.69, 9.17) is 18.9 Å². The van der Waals surface area contributed by atoms with E-state index in [1.807, 2.05) is 0 Å². The van der Waals surface area contributed by atoms with E-state index < -0.39 is 17.4 Å². The van der Waals surface area contributed by atoms with Crippen LogP contribution in [0.4, 0.5) is 0 Å². The Balaban J connectivity index is 1.44. The van der Waals surface area contributed by atoms with Gasteiger partial charge in [0.2, 0.25) is 0 Å². The number of hydrogen-bond acceptors (Lipinski definition) is 6. The smallest absolute Gasteiger partial charge is 0.323 e. The van der Waals surface area contributed by atoms with E-state index in [0.717, 1.165) is 57.3 Å². The number of carbonyl (C=O) groups excluding carboxylic acids is 2. The molecule has 1 heterocycles. The number of esters is 2. The first-order valence-electron chi connectivity index (χ1n) is 10.6. The van der Waals surface area contributed by atoms with Gasteiger partial charge >= 0.3 is 11.9 Å². The van der Waals surface area contributed by atoms with Crippen LogP contribution in [0.2, 0.25) is 0 Å². The molecule has 3 rings (SSSR count). The average molecular weight is 405 g/mol. The van der Waals surface area contributed by atoms with Crippen molar-refractivity contribution in [1.29, 1.82) is 0 Å². The molecule has 0 aromatic heterocycles. The maximum Gasteiger partial charge on any atom is 0.323 e. The highest BCUT2D eigenvalue weighted by molar-refractivity contribution is 6.00. The molecule has 1 saturated heterocycles. The van der Waals surface area contributed by atoms with Gasteiger partial charge in [-0.3, -0.25) is 9.59 Å². The third kappa shape index (κ3) is 5.17. The fourth-order valence-corrected chi connectivity index (χ4v) is 4.46. The Bertz CT molecular complexity index is 651. The summed E-state index contributed by atoms with van der Waals surface area (Å²) < 4.78 is 21.1. The molecule has 6 heteroatoms. The van der Waals surface area contributed by atoms with Gasteiger partial charge in [0.1, 0.15) is 0 Å². The number of benzene rings is 1. The lowest BCUT2D eigenvalue weighted by Gasteiger charge is -2.35. The van der Waals surface area contributed by atoms with Gasteiger partial charge in [-0.1, -0.05) is 30.7 Å². The number of methoxy groups -OCH3 is 2. The average Bonchev–Trinajstić information content (AvgIpc) is 2.79. The Hall–Kier alpha value is -1.92. The predicted octanol–water partition coefficient (Wildman–Crippen LogP) is 3.97. The van der Waals surface area contributed by atoms with E-state index in [2.05, 4.69) is 24.3 Å². The molecule has 29 heavy (non-hydrogen) atoms. The van der Waals surface area contributed by atoms with Crippen LogP contribution in [-0.2, 0) is 35.0 Å². The Morgan fingerprint density at radius 3 is 2.14 bits per heavy atom. The van der Waals surface area contributed by atoms with Crippen LogP contribution in [0.5, 0.6) is 0 Å². The molecule has 0 radical (unpaired) electrons. The lowest BCUT2D eigenvalue weighted by atomic mass is 9.69. The van der Waals surface area contributed by atoms with Crippen molar-refractivity contribution < 1.29 is 28.5 Å². The lowest BCUT2D eigenvalue weighted by molar-refractivity contribution is -0.183. The fraction of sp³-hybridized carbons (Fsp3) is 0.652. The van der Waals surface area contributed by atoms with E-state index >= 15 is 0 Å². The molecule has 0 bridgehead atoms. The molecule has 160 valence electrons. The molecule has 0 atom stereocenters. The van der Waals surface area contributed by atoms with Crippen LogP contribution in [0.3, 0.4) is 0 Å². The van der Waals surface area contributed by atoms with E-state index in [-0.39, 0.29) is 6.29 Å². The highest BCUT2D eigenvalue weighted by Crippen LogP contribution is 2.42. The van der Waals surface area contributed by atoms with Crippen molar-refractivity contribution in [2.24, 2.45) is 11.3 Å². The number of aryl methyl sites for hydroxylation is 1. The van der Waals surface area contributed by atoms with Crippen LogP contribution in [0, 0.1) is 11.3 Å². The molecule has 1 aromatic carbocycles. The van der Waals surface area contributed by atoms with E-state index in [9.17, 15) is 9.59 Å². The third-order valence-corrected chi connectivity index (χ3v) is 6.27. The molecule has 2 fully saturated rings. The summed E-state index contributed by atoms with van der Waals surface area (Å²) in [7, 11) is 2.66. The minimum absolute atomic E-state index is 0.232. The van der Waals surface area contributed by atoms with Gasteiger partial charge < -0.3 is 18.9 Å². The normalized spacial score (nSPS) is 20.2. The summed E-state index contributed by atoms with van der Waals surface area (Å²) in [5.41, 5.74) is 1.26. The van der Waals surface area contributed by atoms with Crippen molar-refractivity contribution in [3.8, 4) is 0 Å². The summed E-state index contributed by atoms with van der Waals surface area (Å²) >= 11 is 0. The van der Waals surface area contributed by atoms with Crippen LogP contribution in [0.15, 0.2) is 24.3 Å². The number of ether oxygens (including phenoxy) is 4. The summed E-state index contributed by atoms with van der Waals surface area (Å²) in [6, 6.07) is 8.48. The quantitative estimate of drug-likeness (QED) is 0.506. The monoisotopic (exact) mass is 404 g/mol. The Morgan fingerprint density at radius 2 is 1.59 bits per heavy atom. The Morgan fingerprint density at radius 1 is 1.00 bits per heavy atom. The maximum absolute atomic E-state index is 12.2. The van der Waals surface area contributed by atoms with E-state index in [1.165, 1.54) is 19.8 Å². The topological polar surface area (TPSA) is 71.1 Å². The zero-order valence-electron chi connectivity index (χ0n) is 17.5. The predicted molar refractivity (Wildman–Crippen MR) is 107 cm³/mol. The van der Waals surface area contributed by atoms with E-state index in [0.29, 0.717) is 18.8 Å². The van der Waals surface area contributed by atoms with Crippen molar-refractivity contribution in [1.82, 2.24) is 0 Å². The third-order valence-electron chi connectivity index (χ3n) is 6.27. The Labute approximate surface area is 172 Å². The van der Waals surface area contributed by atoms with Gasteiger partial charge in [0.15, 0.2) is 11.7 Å². The summed E-state index contributed by atoms with van der Waals surface area (Å²) in [4.78, 5) is 24.4. The van der Waals surface area contributed by atoms with Crippen LogP contribution >= 0.6 is 0 Å². The minimum atomic E-state index is -1.11. The van der Waals surface area contributed by atoms with Gasteiger partial charge in [-0.15, -0.1) is 0 Å². The number of carbonyl (C=O) groups is 2. The van der Waals surface area contributed by atoms with Gasteiger partial charge in [0.05, 0.1) is 27.4 Å². The molecule has 0 spiro atoms. The molecule has 0 N–H and O–H groups in total. The molecule has 2 aliphatic rings. The molecule has 0 unspecified atom stereocenters. The second-order valence-electron chi connectivity index (χ2n) is 8.07. The van der Waals surface area contributed by atoms with Crippen molar-refractivity contribution in [2.45, 2.75) is 57.7 Å². The zero-order valence-corrected chi connectivity index (χ0v) is 17.5. The molecule has 1 saturated carbocycles. The van der Waals surface area contributed by atoms with Gasteiger partial charge in [-0.05, 0) is 56.4 Å². The number of hydrogen-bond donors (Lipinski definition) is 0. The van der Waals surface area contributed by atoms with Crippen molar-refractivity contribution in [3.63, 3.8) is 0 Å². The molecular weight excluding hydrogens is 372 g/mol. The summed E-state index contributed by atoms with van der Waals surface area (Å²) in [5, 5.41) is 0. The van der Waals surface area contributed by atoms with Gasteiger partial charge in [0.25, 0.3) is 0 Å². The van der Waals surface area contributed by atoms with Crippen molar-refractivity contribution in [3.05, 3.63) is 35.4 Å². The fourth-order valence-electron chi connectivity index (χ4n) is 4.46. The highest BCUT2D eigenvalue weighted by Gasteiger charge is 2.50. The zero-order chi connectivity index (χ0) is 20.7. The van der Waals surface area contributed by atoms with Crippen molar-refractivity contribution in [2.75, 3.05) is 27.4 Å². The molecule has 1 aliphatic heterocycles. The van der Waals surface area contributed by atoms with Crippen LogP contribution < -0.4 is 0 Å². The molecule has 6 nitrogen and oxygen atoms in total. The SMILES string of the molecule is COC(=O)C1(C(=O)OC)CCC(CCCc2ccc(C3OCCCO3)cc2)CC1. The molecular formula is C23H32O6. The second kappa shape index (κ2) is 10.2. The second-order valence-corrected chi connectivity index (χ2v) is 8.07. The summed E-state index contributed by atoms with van der Waals surface area (Å²) in [5.74, 6) is -0.400. The molecule has 1 aromatic rings. The van der Waals surface area contributed by atoms with Gasteiger partial charge in [0, 0.05) is 5.56 Å². The first kappa shape index (κ1) is 21.8. The van der Waals surface area contributed by atoms with Gasteiger partial charge in [-0.25, -0.2) is 0 Å². The highest BCUT2D eigenvalue weighted by atomic mass is 16.7. The maximum atomic E-state index is 12.2. The first-order valence-corrected chi connectivity index (χ1v) is 10.6. The largest absolute Gasteiger partial charge is 0.468 e. The Kier molecular flexibility index (Phi) is 7.67. The summed E-state index contributed by atoms with van der Waals surface area (Å²) in [6.45, 7) is 1.50. The molecule has 0 amide bonds. The van der Waals surface area contributed by atoms with Crippen molar-refractivity contribution >= 4 is 11.9 Å². The standard InChI is InChI=1S/C23H32O6/c1-26-21(24)23(22(25)27-2)13-11-18(12-14-23)6-3-5-17-7-9-19(10-8-17)20-28-15-4-16-29-20/h7-10,18,20H,3-6,11-16H2,1-2H3. The minimum Gasteiger partial charge on any atom is -0.468 e. The van der Waals surface area contributed by atoms with Crippen LogP contribution in [0.1, 0.15) is 62.4 Å². The molecule has 1 aliphatic carbocycles. The lowest BCUT2D eigenvalue weighted by Crippen LogP contribution is -2.44. The first-order chi connectivity index (χ1) is 14.1.